The topological polar surface area (TPSA) is 58.1 Å². The molecule has 6 heteroatoms. The van der Waals surface area contributed by atoms with Gasteiger partial charge in [0.05, 0.1) is 12.6 Å². The van der Waals surface area contributed by atoms with Gasteiger partial charge in [-0.2, -0.15) is 0 Å². The monoisotopic (exact) mass is 342 g/mol. The van der Waals surface area contributed by atoms with Crippen molar-refractivity contribution < 1.29 is 9.47 Å². The normalized spacial score (nSPS) is 20.1. The van der Waals surface area contributed by atoms with E-state index in [0.29, 0.717) is 0 Å². The molecular weight excluding hydrogens is 304 g/mol. The number of nitrogens with one attached hydrogen (secondary N) is 2. The molecule has 0 spiro atoms. The lowest BCUT2D eigenvalue weighted by molar-refractivity contribution is -0.00261. The van der Waals surface area contributed by atoms with Crippen LogP contribution in [0.5, 0.6) is 0 Å². The van der Waals surface area contributed by atoms with Crippen LogP contribution in [0.2, 0.25) is 0 Å². The molecule has 0 aromatic carbocycles. The zero-order chi connectivity index (χ0) is 18.2. The highest BCUT2D eigenvalue weighted by Crippen LogP contribution is 2.26. The molecule has 0 bridgehead atoms. The molecule has 0 radical (unpaired) electrons. The van der Waals surface area contributed by atoms with Crippen molar-refractivity contribution in [2.45, 2.75) is 52.2 Å². The maximum absolute atomic E-state index is 5.63. The van der Waals surface area contributed by atoms with Gasteiger partial charge in [-0.05, 0) is 39.3 Å². The maximum atomic E-state index is 5.63. The van der Waals surface area contributed by atoms with E-state index in [4.69, 9.17) is 14.5 Å². The second-order valence-corrected chi connectivity index (χ2v) is 7.90. The quantitative estimate of drug-likeness (QED) is 0.545. The first-order valence-corrected chi connectivity index (χ1v) is 9.05. The van der Waals surface area contributed by atoms with Gasteiger partial charge in [-0.15, -0.1) is 0 Å². The van der Waals surface area contributed by atoms with Gasteiger partial charge in [0.15, 0.2) is 5.96 Å². The van der Waals surface area contributed by atoms with Gasteiger partial charge in [0, 0.05) is 39.0 Å². The molecule has 1 atom stereocenters. The Hall–Kier alpha value is -0.850. The highest BCUT2D eigenvalue weighted by molar-refractivity contribution is 5.79. The van der Waals surface area contributed by atoms with E-state index in [2.05, 4.69) is 57.3 Å². The Kier molecular flexibility index (Phi) is 8.46. The van der Waals surface area contributed by atoms with Crippen molar-refractivity contribution in [2.24, 2.45) is 10.4 Å². The summed E-state index contributed by atoms with van der Waals surface area (Å²) >= 11 is 0. The van der Waals surface area contributed by atoms with Crippen molar-refractivity contribution >= 4 is 5.96 Å². The molecule has 0 amide bonds. The van der Waals surface area contributed by atoms with Crippen LogP contribution in [0.3, 0.4) is 0 Å². The number of aliphatic imine (C=N–C) groups is 1. The van der Waals surface area contributed by atoms with Crippen LogP contribution in [-0.4, -0.2) is 76.6 Å². The molecule has 1 aliphatic rings. The minimum Gasteiger partial charge on any atom is -0.381 e. The van der Waals surface area contributed by atoms with E-state index >= 15 is 0 Å². The molecule has 142 valence electrons. The zero-order valence-corrected chi connectivity index (χ0v) is 16.7. The van der Waals surface area contributed by atoms with Gasteiger partial charge in [0.25, 0.3) is 0 Å². The van der Waals surface area contributed by atoms with E-state index < -0.39 is 0 Å². The first-order valence-electron chi connectivity index (χ1n) is 9.05. The molecule has 0 aliphatic carbocycles. The molecule has 1 fully saturated rings. The van der Waals surface area contributed by atoms with E-state index in [0.717, 1.165) is 51.6 Å². The van der Waals surface area contributed by atoms with Gasteiger partial charge in [-0.3, -0.25) is 4.99 Å². The summed E-state index contributed by atoms with van der Waals surface area (Å²) in [6.07, 6.45) is 2.17. The van der Waals surface area contributed by atoms with Crippen molar-refractivity contribution in [2.75, 3.05) is 54.1 Å². The van der Waals surface area contributed by atoms with Gasteiger partial charge in [-0.25, -0.2) is 0 Å². The average Bonchev–Trinajstić information content (AvgIpc) is 2.52. The van der Waals surface area contributed by atoms with Crippen LogP contribution < -0.4 is 10.6 Å². The average molecular weight is 343 g/mol. The Morgan fingerprint density at radius 3 is 2.33 bits per heavy atom. The highest BCUT2D eigenvalue weighted by Gasteiger charge is 2.34. The molecule has 0 aromatic rings. The maximum Gasteiger partial charge on any atom is 0.191 e. The van der Waals surface area contributed by atoms with Crippen LogP contribution >= 0.6 is 0 Å². The third-order valence-electron chi connectivity index (χ3n) is 4.95. The van der Waals surface area contributed by atoms with Gasteiger partial charge in [0.2, 0.25) is 0 Å². The fourth-order valence-corrected chi connectivity index (χ4v) is 3.00. The van der Waals surface area contributed by atoms with Crippen LogP contribution in [-0.2, 0) is 9.47 Å². The summed E-state index contributed by atoms with van der Waals surface area (Å²) in [6, 6.07) is 0. The fourth-order valence-electron chi connectivity index (χ4n) is 3.00. The van der Waals surface area contributed by atoms with E-state index in [-0.39, 0.29) is 17.1 Å². The second kappa shape index (κ2) is 9.59. The smallest absolute Gasteiger partial charge is 0.191 e. The molecule has 1 heterocycles. The molecule has 1 unspecified atom stereocenters. The third kappa shape index (κ3) is 6.22. The van der Waals surface area contributed by atoms with Crippen molar-refractivity contribution in [3.05, 3.63) is 0 Å². The number of rotatable bonds is 7. The molecule has 24 heavy (non-hydrogen) atoms. The lowest BCUT2D eigenvalue weighted by Gasteiger charge is -2.41. The van der Waals surface area contributed by atoms with Crippen molar-refractivity contribution in [3.8, 4) is 0 Å². The number of ether oxygens (including phenoxy) is 2. The summed E-state index contributed by atoms with van der Waals surface area (Å²) in [6.45, 7) is 12.6. The largest absolute Gasteiger partial charge is 0.381 e. The predicted molar refractivity (Wildman–Crippen MR) is 101 cm³/mol. The lowest BCUT2D eigenvalue weighted by Crippen LogP contribution is -2.52. The Morgan fingerprint density at radius 2 is 1.88 bits per heavy atom. The number of guanidine groups is 1. The van der Waals surface area contributed by atoms with Gasteiger partial charge in [-0.1, -0.05) is 20.8 Å². The second-order valence-electron chi connectivity index (χ2n) is 7.90. The molecule has 6 nitrogen and oxygen atoms in total. The first kappa shape index (κ1) is 21.2. The van der Waals surface area contributed by atoms with Gasteiger partial charge < -0.3 is 25.0 Å². The van der Waals surface area contributed by atoms with Gasteiger partial charge >= 0.3 is 0 Å². The molecule has 2 N–H and O–H groups in total. The van der Waals surface area contributed by atoms with Crippen LogP contribution in [0.1, 0.15) is 40.5 Å². The standard InChI is InChI=1S/C18H38N4O2/c1-8-19-16(20-13-15(23-7)17(2,3)4)21-14-18(22(5)6)9-11-24-12-10-18/h15H,8-14H2,1-7H3,(H2,19,20,21). The van der Waals surface area contributed by atoms with Crippen molar-refractivity contribution in [1.82, 2.24) is 15.5 Å². The zero-order valence-electron chi connectivity index (χ0n) is 16.7. The van der Waals surface area contributed by atoms with E-state index in [1.165, 1.54) is 0 Å². The summed E-state index contributed by atoms with van der Waals surface area (Å²) in [5, 5.41) is 6.78. The summed E-state index contributed by atoms with van der Waals surface area (Å²) in [4.78, 5) is 7.16. The summed E-state index contributed by atoms with van der Waals surface area (Å²) in [5.41, 5.74) is 0.177. The molecule has 0 saturated carbocycles. The molecular formula is C18H38N4O2. The number of likely N-dealkylation sites (N-methyl/N-ethyl adjacent to an activating group) is 1. The van der Waals surface area contributed by atoms with Crippen molar-refractivity contribution in [1.29, 1.82) is 0 Å². The Bertz CT molecular complexity index is 385. The van der Waals surface area contributed by atoms with Crippen LogP contribution in [0, 0.1) is 5.41 Å². The van der Waals surface area contributed by atoms with Crippen LogP contribution in [0.15, 0.2) is 4.99 Å². The van der Waals surface area contributed by atoms with E-state index in [9.17, 15) is 0 Å². The number of hydrogen-bond donors (Lipinski definition) is 2. The third-order valence-corrected chi connectivity index (χ3v) is 4.95. The van der Waals surface area contributed by atoms with Gasteiger partial charge in [0.1, 0.15) is 0 Å². The minimum atomic E-state index is 0.0879. The molecule has 1 rings (SSSR count). The number of methoxy groups -OCH3 is 1. The summed E-state index contributed by atoms with van der Waals surface area (Å²) < 4.78 is 11.2. The molecule has 1 saturated heterocycles. The number of hydrogen-bond acceptors (Lipinski definition) is 4. The predicted octanol–water partition coefficient (Wildman–Crippen LogP) is 1.71. The lowest BCUT2D eigenvalue weighted by atomic mass is 9.88. The van der Waals surface area contributed by atoms with Crippen LogP contribution in [0.25, 0.3) is 0 Å². The Morgan fingerprint density at radius 1 is 1.25 bits per heavy atom. The highest BCUT2D eigenvalue weighted by atomic mass is 16.5. The SMILES string of the molecule is CCNC(=NCC1(N(C)C)CCOCC1)NCC(OC)C(C)(C)C. The fraction of sp³-hybridized carbons (Fsp3) is 0.944. The molecule has 1 aliphatic heterocycles. The number of nitrogens with zero attached hydrogens (tertiary/aromatic N) is 2. The Labute approximate surface area is 148 Å². The summed E-state index contributed by atoms with van der Waals surface area (Å²) in [5.74, 6) is 0.858. The van der Waals surface area contributed by atoms with Crippen LogP contribution in [0.4, 0.5) is 0 Å². The molecule has 0 aromatic heterocycles. The first-order chi connectivity index (χ1) is 11.2. The van der Waals surface area contributed by atoms with E-state index in [1.54, 1.807) is 7.11 Å². The van der Waals surface area contributed by atoms with E-state index in [1.807, 2.05) is 0 Å². The van der Waals surface area contributed by atoms with Crippen molar-refractivity contribution in [3.63, 3.8) is 0 Å². The Balaban J connectivity index is 2.73. The minimum absolute atomic E-state index is 0.0879. The summed E-state index contributed by atoms with van der Waals surface area (Å²) in [7, 11) is 6.05.